The van der Waals surface area contributed by atoms with Crippen molar-refractivity contribution in [3.05, 3.63) is 0 Å². The van der Waals surface area contributed by atoms with Gasteiger partial charge in [-0.2, -0.15) is 5.11 Å². The molecule has 0 radical (unpaired) electrons. The summed E-state index contributed by atoms with van der Waals surface area (Å²) < 4.78 is 9.33. The molecule has 0 saturated carbocycles. The summed E-state index contributed by atoms with van der Waals surface area (Å²) in [6, 6.07) is -0.670. The van der Waals surface area contributed by atoms with Crippen LogP contribution in [0.1, 0.15) is 27.7 Å². The molecule has 0 aromatic heterocycles. The lowest BCUT2D eigenvalue weighted by molar-refractivity contribution is -0.140. The predicted octanol–water partition coefficient (Wildman–Crippen LogP) is 2.54. The lowest BCUT2D eigenvalue weighted by Crippen LogP contribution is -2.27. The van der Waals surface area contributed by atoms with Gasteiger partial charge in [0.05, 0.1) is 13.2 Å². The monoisotopic (exact) mass is 264 g/mol. The van der Waals surface area contributed by atoms with Crippen LogP contribution in [-0.4, -0.2) is 36.2 Å². The zero-order chi connectivity index (χ0) is 13.6. The molecule has 7 heteroatoms. The van der Waals surface area contributed by atoms with Crippen LogP contribution in [0, 0.1) is 0 Å². The summed E-state index contributed by atoms with van der Waals surface area (Å²) >= 11 is 5.72. The molecule has 0 rings (SSSR count). The van der Waals surface area contributed by atoms with E-state index in [1.807, 2.05) is 0 Å². The molecule has 0 aliphatic heterocycles. The first-order chi connectivity index (χ1) is 7.67. The average molecular weight is 265 g/mol. The van der Waals surface area contributed by atoms with Crippen molar-refractivity contribution in [2.24, 2.45) is 10.2 Å². The van der Waals surface area contributed by atoms with Crippen molar-refractivity contribution in [1.29, 1.82) is 0 Å². The third-order valence-corrected chi connectivity index (χ3v) is 2.11. The van der Waals surface area contributed by atoms with Crippen molar-refractivity contribution in [3.8, 4) is 0 Å². The molecular formula is C10H17ClN2O4. The number of ether oxygens (including phenoxy) is 2. The largest absolute Gasteiger partial charge is 0.468 e. The number of azo groups is 1. The molecule has 2 atom stereocenters. The second kappa shape index (κ2) is 6.54. The second-order valence-electron chi connectivity index (χ2n) is 4.36. The van der Waals surface area contributed by atoms with E-state index in [1.165, 1.54) is 7.11 Å². The van der Waals surface area contributed by atoms with Crippen LogP contribution in [0.5, 0.6) is 0 Å². The first-order valence-electron chi connectivity index (χ1n) is 5.03. The van der Waals surface area contributed by atoms with Crippen LogP contribution in [-0.2, 0) is 14.3 Å². The zero-order valence-electron chi connectivity index (χ0n) is 10.6. The Morgan fingerprint density at radius 1 is 1.29 bits per heavy atom. The number of hydrogen-bond acceptors (Lipinski definition) is 5. The Morgan fingerprint density at radius 3 is 2.24 bits per heavy atom. The van der Waals surface area contributed by atoms with E-state index < -0.39 is 29.1 Å². The van der Waals surface area contributed by atoms with E-state index in [0.29, 0.717) is 0 Å². The van der Waals surface area contributed by atoms with Gasteiger partial charge in [0, 0.05) is 0 Å². The Labute approximate surface area is 105 Å². The van der Waals surface area contributed by atoms with Crippen molar-refractivity contribution in [1.82, 2.24) is 0 Å². The van der Waals surface area contributed by atoms with Gasteiger partial charge in [-0.25, -0.2) is 4.79 Å². The summed E-state index contributed by atoms with van der Waals surface area (Å²) in [6.07, 6.45) is -0.821. The van der Waals surface area contributed by atoms with Crippen molar-refractivity contribution in [3.63, 3.8) is 0 Å². The molecule has 1 amide bonds. The maximum Gasteiger partial charge on any atom is 0.452 e. The number of halogens is 1. The molecule has 0 bridgehead atoms. The van der Waals surface area contributed by atoms with Gasteiger partial charge in [0.15, 0.2) is 5.38 Å². The van der Waals surface area contributed by atoms with Gasteiger partial charge in [-0.1, -0.05) is 5.11 Å². The first kappa shape index (κ1) is 15.8. The number of rotatable bonds is 3. The fourth-order valence-corrected chi connectivity index (χ4v) is 0.928. The van der Waals surface area contributed by atoms with Gasteiger partial charge >= 0.3 is 12.1 Å². The summed E-state index contributed by atoms with van der Waals surface area (Å²) in [5.41, 5.74) is -0.637. The van der Waals surface area contributed by atoms with Gasteiger partial charge in [-0.15, -0.1) is 11.6 Å². The van der Waals surface area contributed by atoms with Crippen LogP contribution in [0.25, 0.3) is 0 Å². The van der Waals surface area contributed by atoms with Crippen LogP contribution in [0.2, 0.25) is 0 Å². The molecule has 2 unspecified atom stereocenters. The highest BCUT2D eigenvalue weighted by molar-refractivity contribution is 6.30. The molecule has 0 aliphatic carbocycles. The lowest BCUT2D eigenvalue weighted by atomic mass is 10.2. The minimum atomic E-state index is -0.980. The van der Waals surface area contributed by atoms with Gasteiger partial charge in [0.1, 0.15) is 5.60 Å². The van der Waals surface area contributed by atoms with Crippen molar-refractivity contribution in [2.75, 3.05) is 7.11 Å². The van der Waals surface area contributed by atoms with E-state index in [9.17, 15) is 9.59 Å². The quantitative estimate of drug-likeness (QED) is 0.446. The van der Waals surface area contributed by atoms with Crippen LogP contribution in [0.3, 0.4) is 0 Å². The molecule has 6 nitrogen and oxygen atoms in total. The molecule has 0 aromatic rings. The molecule has 0 saturated heterocycles. The smallest absolute Gasteiger partial charge is 0.452 e. The Morgan fingerprint density at radius 2 is 1.82 bits per heavy atom. The number of methoxy groups -OCH3 is 1. The molecule has 98 valence electrons. The van der Waals surface area contributed by atoms with Gasteiger partial charge < -0.3 is 9.47 Å². The number of nitrogens with zero attached hydrogens (tertiary/aromatic N) is 2. The number of hydrogen-bond donors (Lipinski definition) is 0. The first-order valence-corrected chi connectivity index (χ1v) is 5.46. The Balaban J connectivity index is 4.33. The van der Waals surface area contributed by atoms with Crippen LogP contribution in [0.4, 0.5) is 4.79 Å². The fraction of sp³-hybridized carbons (Fsp3) is 0.800. The van der Waals surface area contributed by atoms with E-state index in [1.54, 1.807) is 27.7 Å². The van der Waals surface area contributed by atoms with Crippen molar-refractivity contribution >= 4 is 23.7 Å². The molecule has 0 heterocycles. The SMILES string of the molecule is COC(=O)C(Cl)C(C)N=NC(=O)OC(C)(C)C. The topological polar surface area (TPSA) is 77.3 Å². The van der Waals surface area contributed by atoms with E-state index >= 15 is 0 Å². The zero-order valence-corrected chi connectivity index (χ0v) is 11.3. The highest BCUT2D eigenvalue weighted by atomic mass is 35.5. The van der Waals surface area contributed by atoms with E-state index in [2.05, 4.69) is 15.0 Å². The highest BCUT2D eigenvalue weighted by Crippen LogP contribution is 2.11. The maximum absolute atomic E-state index is 11.2. The summed E-state index contributed by atoms with van der Waals surface area (Å²) in [4.78, 5) is 22.2. The normalized spacial score (nSPS) is 15.4. The third-order valence-electron chi connectivity index (χ3n) is 1.56. The molecule has 17 heavy (non-hydrogen) atoms. The molecule has 0 aliphatic rings. The summed E-state index contributed by atoms with van der Waals surface area (Å²) in [5, 5.41) is 5.93. The minimum Gasteiger partial charge on any atom is -0.468 e. The van der Waals surface area contributed by atoms with Crippen molar-refractivity contribution < 1.29 is 19.1 Å². The molecule has 0 aromatic carbocycles. The van der Waals surface area contributed by atoms with Crippen LogP contribution in [0.15, 0.2) is 10.2 Å². The molecule has 0 N–H and O–H groups in total. The highest BCUT2D eigenvalue weighted by Gasteiger charge is 2.24. The van der Waals surface area contributed by atoms with Crippen molar-refractivity contribution in [2.45, 2.75) is 44.7 Å². The van der Waals surface area contributed by atoms with E-state index in [0.717, 1.165) is 0 Å². The van der Waals surface area contributed by atoms with Crippen LogP contribution >= 0.6 is 11.6 Å². The maximum atomic E-state index is 11.2. The second-order valence-corrected chi connectivity index (χ2v) is 4.83. The summed E-state index contributed by atoms with van der Waals surface area (Å²) in [5.74, 6) is -0.623. The Bertz CT molecular complexity index is 312. The van der Waals surface area contributed by atoms with E-state index in [-0.39, 0.29) is 0 Å². The number of carbonyl (C=O) groups is 2. The Hall–Kier alpha value is -1.17. The summed E-state index contributed by atoms with van der Waals surface area (Å²) in [6.45, 7) is 6.68. The van der Waals surface area contributed by atoms with Gasteiger partial charge in [-0.3, -0.25) is 4.79 Å². The number of alkyl halides is 1. The Kier molecular flexibility index (Phi) is 6.09. The van der Waals surface area contributed by atoms with Crippen LogP contribution < -0.4 is 0 Å². The van der Waals surface area contributed by atoms with Gasteiger partial charge in [0.2, 0.25) is 0 Å². The summed E-state index contributed by atoms with van der Waals surface area (Å²) in [7, 11) is 1.22. The minimum absolute atomic E-state index is 0.623. The number of esters is 1. The number of amides is 1. The lowest BCUT2D eigenvalue weighted by Gasteiger charge is -2.17. The van der Waals surface area contributed by atoms with Gasteiger partial charge in [-0.05, 0) is 27.7 Å². The fourth-order valence-electron chi connectivity index (χ4n) is 0.789. The standard InChI is InChI=1S/C10H17ClN2O4/c1-6(7(11)8(14)16-5)12-13-9(15)17-10(2,3)4/h6-7H,1-5H3. The average Bonchev–Trinajstić information content (AvgIpc) is 2.21. The van der Waals surface area contributed by atoms with Gasteiger partial charge in [0.25, 0.3) is 0 Å². The van der Waals surface area contributed by atoms with E-state index in [4.69, 9.17) is 16.3 Å². The number of carbonyl (C=O) groups excluding carboxylic acids is 2. The molecular weight excluding hydrogens is 248 g/mol. The molecule has 0 spiro atoms. The molecule has 0 fully saturated rings. The third kappa shape index (κ3) is 6.88. The predicted molar refractivity (Wildman–Crippen MR) is 62.2 cm³/mol.